The van der Waals surface area contributed by atoms with Crippen LogP contribution in [0.5, 0.6) is 0 Å². The summed E-state index contributed by atoms with van der Waals surface area (Å²) in [6.07, 6.45) is 1.04. The van der Waals surface area contributed by atoms with Crippen LogP contribution < -0.4 is 11.1 Å². The maximum absolute atomic E-state index is 5.87. The molecule has 0 saturated heterocycles. The van der Waals surface area contributed by atoms with Gasteiger partial charge in [-0.25, -0.2) is 0 Å². The molecule has 0 saturated carbocycles. The van der Waals surface area contributed by atoms with Crippen molar-refractivity contribution < 1.29 is 0 Å². The van der Waals surface area contributed by atoms with E-state index < -0.39 is 0 Å². The number of rotatable bonds is 4. The Bertz CT molecular complexity index is 523. The Morgan fingerprint density at radius 3 is 2.89 bits per heavy atom. The summed E-state index contributed by atoms with van der Waals surface area (Å²) in [5.41, 5.74) is 8.90. The second-order valence-electron chi connectivity index (χ2n) is 4.52. The molecule has 0 aliphatic carbocycles. The Kier molecular flexibility index (Phi) is 4.30. The van der Waals surface area contributed by atoms with Gasteiger partial charge in [0, 0.05) is 33.2 Å². The van der Waals surface area contributed by atoms with Crippen molar-refractivity contribution in [3.8, 4) is 0 Å². The molecule has 1 aromatic heterocycles. The van der Waals surface area contributed by atoms with Gasteiger partial charge in [-0.15, -0.1) is 11.3 Å². The van der Waals surface area contributed by atoms with Crippen LogP contribution in [-0.2, 0) is 6.42 Å². The van der Waals surface area contributed by atoms with Crippen LogP contribution in [0.2, 0.25) is 0 Å². The van der Waals surface area contributed by atoms with Gasteiger partial charge in [0.2, 0.25) is 0 Å². The van der Waals surface area contributed by atoms with Crippen LogP contribution in [0.4, 0.5) is 11.4 Å². The van der Waals surface area contributed by atoms with E-state index in [4.69, 9.17) is 5.73 Å². The number of nitrogens with one attached hydrogen (secondary N) is 1. The van der Waals surface area contributed by atoms with Crippen molar-refractivity contribution in [2.75, 3.05) is 11.1 Å². The van der Waals surface area contributed by atoms with E-state index in [2.05, 4.69) is 51.7 Å². The van der Waals surface area contributed by atoms with Crippen molar-refractivity contribution in [2.24, 2.45) is 0 Å². The molecule has 96 valence electrons. The molecule has 1 aromatic carbocycles. The lowest BCUT2D eigenvalue weighted by Crippen LogP contribution is -2.18. The largest absolute Gasteiger partial charge is 0.398 e. The summed E-state index contributed by atoms with van der Waals surface area (Å²) in [5, 5.41) is 5.64. The molecular formula is C14H17BrN2S. The van der Waals surface area contributed by atoms with Gasteiger partial charge in [-0.2, -0.15) is 0 Å². The fraction of sp³-hybridized carbons (Fsp3) is 0.286. The molecule has 0 bridgehead atoms. The first-order chi connectivity index (χ1) is 8.56. The molecule has 2 nitrogen and oxygen atoms in total. The second-order valence-corrected chi connectivity index (χ2v) is 6.40. The minimum Gasteiger partial charge on any atom is -0.398 e. The summed E-state index contributed by atoms with van der Waals surface area (Å²) in [6, 6.07) is 8.70. The second kappa shape index (κ2) is 5.76. The molecule has 2 rings (SSSR count). The summed E-state index contributed by atoms with van der Waals surface area (Å²) < 4.78 is 1.02. The maximum Gasteiger partial charge on any atom is 0.0490 e. The highest BCUT2D eigenvalue weighted by Gasteiger charge is 2.08. The van der Waals surface area contributed by atoms with Gasteiger partial charge in [-0.05, 0) is 58.9 Å². The van der Waals surface area contributed by atoms with Crippen LogP contribution in [-0.4, -0.2) is 6.04 Å². The van der Waals surface area contributed by atoms with Gasteiger partial charge in [-0.1, -0.05) is 6.07 Å². The average Bonchev–Trinajstić information content (AvgIpc) is 2.78. The smallest absolute Gasteiger partial charge is 0.0490 e. The normalized spacial score (nSPS) is 12.4. The third kappa shape index (κ3) is 3.27. The topological polar surface area (TPSA) is 38.0 Å². The first-order valence-corrected chi connectivity index (χ1v) is 7.58. The molecular weight excluding hydrogens is 308 g/mol. The van der Waals surface area contributed by atoms with Gasteiger partial charge in [0.15, 0.2) is 0 Å². The van der Waals surface area contributed by atoms with Crippen molar-refractivity contribution in [3.63, 3.8) is 0 Å². The zero-order valence-electron chi connectivity index (χ0n) is 10.5. The number of nitrogen functional groups attached to an aromatic ring is 1. The molecule has 0 spiro atoms. The Hall–Kier alpha value is -1.00. The molecule has 0 amide bonds. The summed E-state index contributed by atoms with van der Waals surface area (Å²) in [6.45, 7) is 4.22. The molecule has 1 heterocycles. The van der Waals surface area contributed by atoms with Gasteiger partial charge in [0.25, 0.3) is 0 Å². The van der Waals surface area contributed by atoms with E-state index in [0.29, 0.717) is 6.04 Å². The average molecular weight is 325 g/mol. The van der Waals surface area contributed by atoms with E-state index in [9.17, 15) is 0 Å². The third-order valence-corrected chi connectivity index (χ3v) is 4.40. The van der Waals surface area contributed by atoms with Crippen LogP contribution in [0.1, 0.15) is 17.4 Å². The highest BCUT2D eigenvalue weighted by atomic mass is 79.9. The fourth-order valence-electron chi connectivity index (χ4n) is 1.85. The molecule has 18 heavy (non-hydrogen) atoms. The van der Waals surface area contributed by atoms with Gasteiger partial charge < -0.3 is 11.1 Å². The number of hydrogen-bond donors (Lipinski definition) is 2. The molecule has 2 aromatic rings. The summed E-state index contributed by atoms with van der Waals surface area (Å²) in [4.78, 5) is 1.40. The minimum atomic E-state index is 0.392. The standard InChI is InChI=1S/C14H17BrN2S/c1-9-6-14(12(15)8-13(9)16)17-10(2)7-11-4-3-5-18-11/h3-6,8,10,17H,7,16H2,1-2H3. The number of hydrogen-bond acceptors (Lipinski definition) is 3. The lowest BCUT2D eigenvalue weighted by atomic mass is 10.1. The number of halogens is 1. The van der Waals surface area contributed by atoms with E-state index in [1.807, 2.05) is 13.0 Å². The quantitative estimate of drug-likeness (QED) is 0.815. The molecule has 0 aliphatic rings. The Labute approximate surface area is 120 Å². The third-order valence-electron chi connectivity index (χ3n) is 2.85. The fourth-order valence-corrected chi connectivity index (χ4v) is 3.17. The van der Waals surface area contributed by atoms with E-state index in [1.165, 1.54) is 4.88 Å². The molecule has 1 atom stereocenters. The molecule has 3 N–H and O–H groups in total. The van der Waals surface area contributed by atoms with Gasteiger partial charge in [0.05, 0.1) is 0 Å². The Morgan fingerprint density at radius 1 is 1.44 bits per heavy atom. The molecule has 0 radical (unpaired) electrons. The van der Waals surface area contributed by atoms with Crippen LogP contribution in [0.15, 0.2) is 34.1 Å². The lowest BCUT2D eigenvalue weighted by Gasteiger charge is -2.17. The van der Waals surface area contributed by atoms with Gasteiger partial charge >= 0.3 is 0 Å². The van der Waals surface area contributed by atoms with E-state index in [0.717, 1.165) is 27.8 Å². The Balaban J connectivity index is 2.07. The van der Waals surface area contributed by atoms with E-state index in [-0.39, 0.29) is 0 Å². The van der Waals surface area contributed by atoms with E-state index in [1.54, 1.807) is 11.3 Å². The molecule has 0 aliphatic heterocycles. The van der Waals surface area contributed by atoms with Crippen molar-refractivity contribution in [3.05, 3.63) is 44.6 Å². The summed E-state index contributed by atoms with van der Waals surface area (Å²) >= 11 is 5.35. The number of nitrogens with two attached hydrogens (primary N) is 1. The van der Waals surface area contributed by atoms with Crippen LogP contribution in [0.3, 0.4) is 0 Å². The first kappa shape index (κ1) is 13.4. The predicted octanol–water partition coefficient (Wildman–Crippen LogP) is 4.44. The van der Waals surface area contributed by atoms with Crippen molar-refractivity contribution in [1.29, 1.82) is 0 Å². The van der Waals surface area contributed by atoms with Crippen LogP contribution >= 0.6 is 27.3 Å². The van der Waals surface area contributed by atoms with Crippen molar-refractivity contribution in [2.45, 2.75) is 26.3 Å². The van der Waals surface area contributed by atoms with Crippen molar-refractivity contribution >= 4 is 38.6 Å². The summed E-state index contributed by atoms with van der Waals surface area (Å²) in [7, 11) is 0. The maximum atomic E-state index is 5.87. The highest BCUT2D eigenvalue weighted by molar-refractivity contribution is 9.10. The zero-order chi connectivity index (χ0) is 13.1. The Morgan fingerprint density at radius 2 is 2.22 bits per heavy atom. The van der Waals surface area contributed by atoms with Crippen LogP contribution in [0.25, 0.3) is 0 Å². The summed E-state index contributed by atoms with van der Waals surface area (Å²) in [5.74, 6) is 0. The minimum absolute atomic E-state index is 0.392. The lowest BCUT2D eigenvalue weighted by molar-refractivity contribution is 0.800. The zero-order valence-corrected chi connectivity index (χ0v) is 12.9. The van der Waals surface area contributed by atoms with Gasteiger partial charge in [-0.3, -0.25) is 0 Å². The SMILES string of the molecule is Cc1cc(NC(C)Cc2cccs2)c(Br)cc1N. The number of thiophene rings is 1. The molecule has 0 fully saturated rings. The first-order valence-electron chi connectivity index (χ1n) is 5.91. The predicted molar refractivity (Wildman–Crippen MR) is 84.4 cm³/mol. The van der Waals surface area contributed by atoms with Crippen LogP contribution in [0, 0.1) is 6.92 Å². The van der Waals surface area contributed by atoms with Crippen molar-refractivity contribution in [1.82, 2.24) is 0 Å². The van der Waals surface area contributed by atoms with E-state index >= 15 is 0 Å². The molecule has 4 heteroatoms. The number of benzene rings is 1. The monoisotopic (exact) mass is 324 g/mol. The molecule has 1 unspecified atom stereocenters. The van der Waals surface area contributed by atoms with Gasteiger partial charge in [0.1, 0.15) is 0 Å². The highest BCUT2D eigenvalue weighted by Crippen LogP contribution is 2.28. The number of aryl methyl sites for hydroxylation is 1. The number of anilines is 2.